The molecular weight excluding hydrogens is 225 g/mol. The van der Waals surface area contributed by atoms with Crippen molar-refractivity contribution in [3.05, 3.63) is 11.9 Å². The van der Waals surface area contributed by atoms with E-state index in [0.29, 0.717) is 0 Å². The van der Waals surface area contributed by atoms with E-state index in [4.69, 9.17) is 11.6 Å². The molecular formula is C6H4ClF3N2O2. The zero-order valence-corrected chi connectivity index (χ0v) is 7.56. The lowest BCUT2D eigenvalue weighted by molar-refractivity contribution is -0.142. The molecule has 0 saturated heterocycles. The minimum Gasteiger partial charge on any atom is -0.410 e. The molecule has 0 radical (unpaired) electrons. The molecule has 14 heavy (non-hydrogen) atoms. The Kier molecular flexibility index (Phi) is 2.70. The van der Waals surface area contributed by atoms with Crippen LogP contribution in [0.25, 0.3) is 0 Å². The number of rotatable bonds is 1. The molecule has 8 heteroatoms. The number of aromatic nitrogens is 2. The van der Waals surface area contributed by atoms with Gasteiger partial charge in [-0.25, -0.2) is 4.79 Å². The maximum atomic E-state index is 12.2. The number of aryl methyl sites for hydroxylation is 1. The van der Waals surface area contributed by atoms with Crippen LogP contribution in [-0.2, 0) is 13.2 Å². The third-order valence-electron chi connectivity index (χ3n) is 1.25. The van der Waals surface area contributed by atoms with E-state index >= 15 is 0 Å². The van der Waals surface area contributed by atoms with Crippen LogP contribution in [0.5, 0.6) is 5.75 Å². The molecule has 0 saturated carbocycles. The summed E-state index contributed by atoms with van der Waals surface area (Å²) >= 11 is 4.78. The smallest absolute Gasteiger partial charge is 0.410 e. The highest BCUT2D eigenvalue weighted by Crippen LogP contribution is 2.34. The fourth-order valence-electron chi connectivity index (χ4n) is 0.824. The van der Waals surface area contributed by atoms with E-state index in [9.17, 15) is 18.0 Å². The number of hydrogen-bond acceptors (Lipinski definition) is 3. The van der Waals surface area contributed by atoms with Gasteiger partial charge in [0, 0.05) is 18.6 Å². The third kappa shape index (κ3) is 2.38. The number of carbonyl (C=O) groups is 1. The first-order valence-corrected chi connectivity index (χ1v) is 3.66. The lowest BCUT2D eigenvalue weighted by atomic mass is 10.4. The number of nitrogens with zero attached hydrogens (tertiary/aromatic N) is 2. The quantitative estimate of drug-likeness (QED) is 0.692. The first kappa shape index (κ1) is 10.8. The van der Waals surface area contributed by atoms with Crippen LogP contribution in [0, 0.1) is 0 Å². The van der Waals surface area contributed by atoms with E-state index < -0.39 is 23.0 Å². The summed E-state index contributed by atoms with van der Waals surface area (Å²) in [7, 11) is 1.26. The van der Waals surface area contributed by atoms with Gasteiger partial charge in [0.25, 0.3) is 0 Å². The normalized spacial score (nSPS) is 11.5. The van der Waals surface area contributed by atoms with Crippen molar-refractivity contribution in [1.82, 2.24) is 9.78 Å². The van der Waals surface area contributed by atoms with Gasteiger partial charge in [0.05, 0.1) is 6.20 Å². The molecule has 0 unspecified atom stereocenters. The van der Waals surface area contributed by atoms with Crippen LogP contribution in [0.4, 0.5) is 18.0 Å². The number of hydrogen-bond donors (Lipinski definition) is 0. The largest absolute Gasteiger partial charge is 0.438 e. The Hall–Kier alpha value is -1.24. The molecule has 0 amide bonds. The Morgan fingerprint density at radius 3 is 2.64 bits per heavy atom. The summed E-state index contributed by atoms with van der Waals surface area (Å²) in [6.07, 6.45) is -3.77. The van der Waals surface area contributed by atoms with Gasteiger partial charge in [-0.15, -0.1) is 0 Å². The van der Waals surface area contributed by atoms with Crippen molar-refractivity contribution in [3.8, 4) is 5.75 Å². The molecule has 78 valence electrons. The van der Waals surface area contributed by atoms with Crippen molar-refractivity contribution in [2.24, 2.45) is 7.05 Å². The van der Waals surface area contributed by atoms with Crippen LogP contribution in [0.2, 0.25) is 0 Å². The van der Waals surface area contributed by atoms with E-state index in [0.717, 1.165) is 10.9 Å². The molecule has 1 aromatic rings. The maximum absolute atomic E-state index is 12.2. The molecule has 0 aromatic carbocycles. The van der Waals surface area contributed by atoms with Gasteiger partial charge in [0.1, 0.15) is 0 Å². The van der Waals surface area contributed by atoms with Crippen molar-refractivity contribution in [2.75, 3.05) is 0 Å². The van der Waals surface area contributed by atoms with Gasteiger partial charge < -0.3 is 4.74 Å². The number of carbonyl (C=O) groups excluding carboxylic acids is 1. The maximum Gasteiger partial charge on any atom is 0.438 e. The molecule has 0 aliphatic carbocycles. The number of ether oxygens (including phenoxy) is 1. The Balaban J connectivity index is 3.09. The zero-order valence-electron chi connectivity index (χ0n) is 6.80. The van der Waals surface area contributed by atoms with Crippen LogP contribution >= 0.6 is 11.6 Å². The minimum absolute atomic E-state index is 0.708. The first-order valence-electron chi connectivity index (χ1n) is 3.29. The molecule has 4 nitrogen and oxygen atoms in total. The van der Waals surface area contributed by atoms with Crippen molar-refractivity contribution < 1.29 is 22.7 Å². The summed E-state index contributed by atoms with van der Waals surface area (Å²) in [4.78, 5) is 10.2. The molecule has 0 bridgehead atoms. The molecule has 0 N–H and O–H groups in total. The van der Waals surface area contributed by atoms with Gasteiger partial charge in [-0.2, -0.15) is 18.3 Å². The van der Waals surface area contributed by atoms with Gasteiger partial charge in [-0.05, 0) is 0 Å². The minimum atomic E-state index is -4.68. The average Bonchev–Trinajstić information content (AvgIpc) is 2.28. The van der Waals surface area contributed by atoms with Gasteiger partial charge in [0.2, 0.25) is 5.69 Å². The predicted octanol–water partition coefficient (Wildman–Crippen LogP) is 2.18. The van der Waals surface area contributed by atoms with E-state index in [1.807, 2.05) is 0 Å². The molecule has 0 fully saturated rings. The molecule has 0 spiro atoms. The summed E-state index contributed by atoms with van der Waals surface area (Å²) in [5.74, 6) is -0.708. The second kappa shape index (κ2) is 3.49. The highest BCUT2D eigenvalue weighted by Gasteiger charge is 2.38. The molecule has 1 heterocycles. The second-order valence-corrected chi connectivity index (χ2v) is 2.66. The molecule has 0 aliphatic heterocycles. The fraction of sp³-hybridized carbons (Fsp3) is 0.333. The van der Waals surface area contributed by atoms with Gasteiger partial charge in [0.15, 0.2) is 5.75 Å². The Bertz CT molecular complexity index is 360. The SMILES string of the molecule is Cn1cc(OC(=O)Cl)c(C(F)(F)F)n1. The summed E-state index contributed by atoms with van der Waals surface area (Å²) in [5, 5.41) is 3.09. The van der Waals surface area contributed by atoms with E-state index in [-0.39, 0.29) is 0 Å². The Morgan fingerprint density at radius 1 is 1.64 bits per heavy atom. The fourth-order valence-corrected chi connectivity index (χ4v) is 0.907. The van der Waals surface area contributed by atoms with Crippen LogP contribution in [0.15, 0.2) is 6.20 Å². The van der Waals surface area contributed by atoms with Crippen molar-refractivity contribution in [2.45, 2.75) is 6.18 Å². The summed E-state index contributed by atoms with van der Waals surface area (Å²) in [5.41, 5.74) is -2.63. The first-order chi connectivity index (χ1) is 6.30. The second-order valence-electron chi connectivity index (χ2n) is 2.35. The summed E-state index contributed by atoms with van der Waals surface area (Å²) < 4.78 is 41.6. The van der Waals surface area contributed by atoms with Crippen molar-refractivity contribution in [3.63, 3.8) is 0 Å². The highest BCUT2D eigenvalue weighted by atomic mass is 35.5. The van der Waals surface area contributed by atoms with Crippen LogP contribution in [-0.4, -0.2) is 15.2 Å². The van der Waals surface area contributed by atoms with Gasteiger partial charge >= 0.3 is 11.6 Å². The lowest BCUT2D eigenvalue weighted by Crippen LogP contribution is -2.09. The number of alkyl halides is 3. The molecule has 0 aliphatic rings. The predicted molar refractivity (Wildman–Crippen MR) is 40.1 cm³/mol. The van der Waals surface area contributed by atoms with E-state index in [2.05, 4.69) is 9.84 Å². The van der Waals surface area contributed by atoms with Crippen LogP contribution < -0.4 is 4.74 Å². The van der Waals surface area contributed by atoms with Gasteiger partial charge in [-0.1, -0.05) is 0 Å². The summed E-state index contributed by atoms with van der Waals surface area (Å²) in [6, 6.07) is 0. The molecule has 1 aromatic heterocycles. The highest BCUT2D eigenvalue weighted by molar-refractivity contribution is 6.61. The lowest BCUT2D eigenvalue weighted by Gasteiger charge is -2.03. The Morgan fingerprint density at radius 2 is 2.21 bits per heavy atom. The van der Waals surface area contributed by atoms with Crippen LogP contribution in [0.1, 0.15) is 5.69 Å². The number of halogens is 4. The van der Waals surface area contributed by atoms with Gasteiger partial charge in [-0.3, -0.25) is 4.68 Å². The summed E-state index contributed by atoms with van der Waals surface area (Å²) in [6.45, 7) is 0. The van der Waals surface area contributed by atoms with Crippen molar-refractivity contribution in [1.29, 1.82) is 0 Å². The van der Waals surface area contributed by atoms with Crippen LogP contribution in [0.3, 0.4) is 0 Å². The zero-order chi connectivity index (χ0) is 10.9. The third-order valence-corrected chi connectivity index (χ3v) is 1.33. The standard InChI is InChI=1S/C6H4ClF3N2O2/c1-12-2-3(14-5(7)13)4(11-12)6(8,9)10/h2H,1H3. The monoisotopic (exact) mass is 228 g/mol. The van der Waals surface area contributed by atoms with E-state index in [1.54, 1.807) is 0 Å². The molecule has 0 atom stereocenters. The van der Waals surface area contributed by atoms with Crippen molar-refractivity contribution >= 4 is 17.0 Å². The van der Waals surface area contributed by atoms with E-state index in [1.165, 1.54) is 7.05 Å². The Labute approximate surface area is 81.2 Å². The average molecular weight is 229 g/mol. The molecule has 1 rings (SSSR count). The topological polar surface area (TPSA) is 44.1 Å².